The van der Waals surface area contributed by atoms with E-state index in [0.717, 1.165) is 26.0 Å². The molecule has 0 aliphatic carbocycles. The Morgan fingerprint density at radius 2 is 1.94 bits per heavy atom. The van der Waals surface area contributed by atoms with Gasteiger partial charge in [0.15, 0.2) is 0 Å². The smallest absolute Gasteiger partial charge is 0.147 e. The molecule has 0 bridgehead atoms. The van der Waals surface area contributed by atoms with E-state index < -0.39 is 0 Å². The fourth-order valence-electron chi connectivity index (χ4n) is 1.34. The lowest BCUT2D eigenvalue weighted by Gasteiger charge is -2.10. The molecule has 0 fully saturated rings. The number of nitrogens with one attached hydrogen (secondary N) is 2. The second-order valence-electron chi connectivity index (χ2n) is 3.53. The fourth-order valence-corrected chi connectivity index (χ4v) is 1.86. The molecule has 96 valence electrons. The van der Waals surface area contributed by atoms with Gasteiger partial charge in [0.1, 0.15) is 11.6 Å². The van der Waals surface area contributed by atoms with Gasteiger partial charge in [0.2, 0.25) is 0 Å². The maximum absolute atomic E-state index is 6.04. The molecule has 1 aromatic rings. The summed E-state index contributed by atoms with van der Waals surface area (Å²) in [7, 11) is 3.47. The number of methoxy groups -OCH3 is 1. The van der Waals surface area contributed by atoms with E-state index in [1.807, 2.05) is 0 Å². The van der Waals surface area contributed by atoms with Crippen molar-refractivity contribution >= 4 is 34.8 Å². The minimum Gasteiger partial charge on any atom is -0.385 e. The molecule has 0 radical (unpaired) electrons. The predicted octanol–water partition coefficient (Wildman–Crippen LogP) is 3.27. The number of anilines is 2. The Hall–Kier alpha value is -0.710. The third-order valence-electron chi connectivity index (χ3n) is 2.23. The maximum Gasteiger partial charge on any atom is 0.147 e. The second kappa shape index (κ2) is 7.58. The largest absolute Gasteiger partial charge is 0.385 e. The zero-order valence-electron chi connectivity index (χ0n) is 10.0. The molecule has 0 saturated carbocycles. The van der Waals surface area contributed by atoms with Crippen LogP contribution in [0.25, 0.3) is 0 Å². The molecule has 2 N–H and O–H groups in total. The van der Waals surface area contributed by atoms with Crippen LogP contribution < -0.4 is 10.6 Å². The lowest BCUT2D eigenvalue weighted by Crippen LogP contribution is -2.06. The summed E-state index contributed by atoms with van der Waals surface area (Å²) in [6, 6.07) is 1.68. The van der Waals surface area contributed by atoms with Gasteiger partial charge in [-0.15, -0.1) is 0 Å². The number of hydrogen-bond donors (Lipinski definition) is 2. The first-order valence-corrected chi connectivity index (χ1v) is 6.21. The van der Waals surface area contributed by atoms with Crippen molar-refractivity contribution in [3.63, 3.8) is 0 Å². The minimum absolute atomic E-state index is 0.516. The number of nitrogens with zero attached hydrogens (tertiary/aromatic N) is 1. The molecule has 6 heteroatoms. The number of pyridine rings is 1. The van der Waals surface area contributed by atoms with Crippen LogP contribution in [0.2, 0.25) is 10.0 Å². The molecule has 0 unspecified atom stereocenters. The van der Waals surface area contributed by atoms with Crippen LogP contribution in [-0.2, 0) is 4.74 Å². The van der Waals surface area contributed by atoms with Crippen LogP contribution in [0.3, 0.4) is 0 Å². The summed E-state index contributed by atoms with van der Waals surface area (Å²) in [6.07, 6.45) is 2.01. The van der Waals surface area contributed by atoms with Gasteiger partial charge in [0.05, 0.1) is 10.0 Å². The third kappa shape index (κ3) is 4.58. The molecule has 0 aliphatic heterocycles. The molecule has 0 saturated heterocycles. The van der Waals surface area contributed by atoms with Gasteiger partial charge < -0.3 is 15.4 Å². The Labute approximate surface area is 112 Å². The SMILES string of the molecule is CNc1nc(NCCCCOC)c(Cl)cc1Cl. The van der Waals surface area contributed by atoms with Crippen molar-refractivity contribution in [2.45, 2.75) is 12.8 Å². The van der Waals surface area contributed by atoms with E-state index in [2.05, 4.69) is 15.6 Å². The van der Waals surface area contributed by atoms with Crippen LogP contribution in [0.5, 0.6) is 0 Å². The average Bonchev–Trinajstić information content (AvgIpc) is 2.31. The van der Waals surface area contributed by atoms with E-state index >= 15 is 0 Å². The lowest BCUT2D eigenvalue weighted by molar-refractivity contribution is 0.194. The van der Waals surface area contributed by atoms with Gasteiger partial charge in [0, 0.05) is 27.3 Å². The topological polar surface area (TPSA) is 46.2 Å². The van der Waals surface area contributed by atoms with Crippen LogP contribution in [0.1, 0.15) is 12.8 Å². The van der Waals surface area contributed by atoms with E-state index in [1.165, 1.54) is 0 Å². The van der Waals surface area contributed by atoms with Crippen molar-refractivity contribution in [2.75, 3.05) is 37.9 Å². The summed E-state index contributed by atoms with van der Waals surface area (Å²) in [4.78, 5) is 4.29. The standard InChI is InChI=1S/C11H17Cl2N3O/c1-14-10-8(12)7-9(13)11(16-10)15-5-3-4-6-17-2/h7H,3-6H2,1-2H3,(H2,14,15,16). The molecular formula is C11H17Cl2N3O. The molecular weight excluding hydrogens is 261 g/mol. The predicted molar refractivity (Wildman–Crippen MR) is 73.4 cm³/mol. The van der Waals surface area contributed by atoms with Crippen molar-refractivity contribution in [1.29, 1.82) is 0 Å². The Morgan fingerprint density at radius 3 is 2.59 bits per heavy atom. The molecule has 0 aliphatic rings. The zero-order chi connectivity index (χ0) is 12.7. The molecule has 0 amide bonds. The van der Waals surface area contributed by atoms with Gasteiger partial charge in [-0.05, 0) is 18.9 Å². The number of ether oxygens (including phenoxy) is 1. The zero-order valence-corrected chi connectivity index (χ0v) is 11.5. The van der Waals surface area contributed by atoms with Gasteiger partial charge in [-0.3, -0.25) is 0 Å². The second-order valence-corrected chi connectivity index (χ2v) is 4.34. The van der Waals surface area contributed by atoms with E-state index in [1.54, 1.807) is 20.2 Å². The molecule has 0 aromatic carbocycles. The normalized spacial score (nSPS) is 10.4. The third-order valence-corrected chi connectivity index (χ3v) is 2.81. The van der Waals surface area contributed by atoms with Crippen LogP contribution in [0.15, 0.2) is 6.07 Å². The number of unbranched alkanes of at least 4 members (excludes halogenated alkanes) is 1. The first kappa shape index (κ1) is 14.4. The molecule has 1 heterocycles. The Balaban J connectivity index is 2.52. The van der Waals surface area contributed by atoms with Gasteiger partial charge in [-0.1, -0.05) is 23.2 Å². The van der Waals surface area contributed by atoms with Crippen LogP contribution in [0, 0.1) is 0 Å². The summed E-state index contributed by atoms with van der Waals surface area (Å²) in [5.74, 6) is 1.27. The summed E-state index contributed by atoms with van der Waals surface area (Å²) in [5, 5.41) is 7.13. The summed E-state index contributed by atoms with van der Waals surface area (Å²) in [5.41, 5.74) is 0. The van der Waals surface area contributed by atoms with Crippen molar-refractivity contribution in [3.8, 4) is 0 Å². The van der Waals surface area contributed by atoms with Crippen molar-refractivity contribution in [2.24, 2.45) is 0 Å². The molecule has 0 spiro atoms. The van der Waals surface area contributed by atoms with Gasteiger partial charge in [-0.2, -0.15) is 0 Å². The van der Waals surface area contributed by atoms with Crippen molar-refractivity contribution < 1.29 is 4.74 Å². The summed E-state index contributed by atoms with van der Waals surface area (Å²) < 4.78 is 4.97. The molecule has 1 aromatic heterocycles. The molecule has 4 nitrogen and oxygen atoms in total. The molecule has 17 heavy (non-hydrogen) atoms. The van der Waals surface area contributed by atoms with Crippen LogP contribution in [0.4, 0.5) is 11.6 Å². The first-order chi connectivity index (χ1) is 8.19. The monoisotopic (exact) mass is 277 g/mol. The highest BCUT2D eigenvalue weighted by Crippen LogP contribution is 2.28. The highest BCUT2D eigenvalue weighted by Gasteiger charge is 2.07. The van der Waals surface area contributed by atoms with Crippen LogP contribution in [-0.4, -0.2) is 32.3 Å². The Bertz CT molecular complexity index is 361. The van der Waals surface area contributed by atoms with Crippen molar-refractivity contribution in [3.05, 3.63) is 16.1 Å². The van der Waals surface area contributed by atoms with Crippen LogP contribution >= 0.6 is 23.2 Å². The lowest BCUT2D eigenvalue weighted by atomic mass is 10.3. The highest BCUT2D eigenvalue weighted by molar-refractivity contribution is 6.37. The Morgan fingerprint density at radius 1 is 1.24 bits per heavy atom. The first-order valence-electron chi connectivity index (χ1n) is 5.45. The van der Waals surface area contributed by atoms with Gasteiger partial charge >= 0.3 is 0 Å². The number of hydrogen-bond acceptors (Lipinski definition) is 4. The quantitative estimate of drug-likeness (QED) is 0.751. The van der Waals surface area contributed by atoms with Gasteiger partial charge in [-0.25, -0.2) is 4.98 Å². The van der Waals surface area contributed by atoms with E-state index in [4.69, 9.17) is 27.9 Å². The molecule has 0 atom stereocenters. The summed E-state index contributed by atoms with van der Waals surface area (Å²) in [6.45, 7) is 1.58. The summed E-state index contributed by atoms with van der Waals surface area (Å²) >= 11 is 12.0. The average molecular weight is 278 g/mol. The number of halogens is 2. The van der Waals surface area contributed by atoms with E-state index in [-0.39, 0.29) is 0 Å². The fraction of sp³-hybridized carbons (Fsp3) is 0.545. The number of aromatic nitrogens is 1. The van der Waals surface area contributed by atoms with E-state index in [0.29, 0.717) is 21.7 Å². The van der Waals surface area contributed by atoms with Crippen molar-refractivity contribution in [1.82, 2.24) is 4.98 Å². The molecule has 1 rings (SSSR count). The minimum atomic E-state index is 0.516. The number of rotatable bonds is 7. The van der Waals surface area contributed by atoms with E-state index in [9.17, 15) is 0 Å². The van der Waals surface area contributed by atoms with Gasteiger partial charge in [0.25, 0.3) is 0 Å². The highest BCUT2D eigenvalue weighted by atomic mass is 35.5. The Kier molecular flexibility index (Phi) is 6.40. The maximum atomic E-state index is 6.04.